The van der Waals surface area contributed by atoms with Crippen LogP contribution < -0.4 is 11.1 Å². The third kappa shape index (κ3) is 4.74. The van der Waals surface area contributed by atoms with Crippen LogP contribution in [0, 0.1) is 16.7 Å². The molecule has 0 aromatic carbocycles. The number of hydrogen-bond donors (Lipinski definition) is 2. The predicted molar refractivity (Wildman–Crippen MR) is 67.0 cm³/mol. The summed E-state index contributed by atoms with van der Waals surface area (Å²) in [5, 5.41) is 11.7. The number of carbonyl (C=O) groups is 1. The Bertz CT molecular complexity index is 311. The van der Waals surface area contributed by atoms with Crippen molar-refractivity contribution >= 4 is 5.91 Å². The van der Waals surface area contributed by atoms with Crippen molar-refractivity contribution in [2.75, 3.05) is 6.54 Å². The van der Waals surface area contributed by atoms with Gasteiger partial charge in [0.1, 0.15) is 0 Å². The lowest BCUT2D eigenvalue weighted by Crippen LogP contribution is -2.47. The van der Waals surface area contributed by atoms with E-state index in [1.165, 1.54) is 6.42 Å². The van der Waals surface area contributed by atoms with Crippen molar-refractivity contribution in [3.05, 3.63) is 0 Å². The smallest absolute Gasteiger partial charge is 0.221 e. The number of rotatable bonds is 4. The summed E-state index contributed by atoms with van der Waals surface area (Å²) in [6, 6.07) is 2.16. The highest BCUT2D eigenvalue weighted by Crippen LogP contribution is 2.28. The second kappa shape index (κ2) is 5.50. The van der Waals surface area contributed by atoms with Gasteiger partial charge in [0.25, 0.3) is 0 Å². The molecule has 1 aliphatic carbocycles. The predicted octanol–water partition coefficient (Wildman–Crippen LogP) is 1.70. The van der Waals surface area contributed by atoms with Crippen LogP contribution in [0.4, 0.5) is 0 Å². The van der Waals surface area contributed by atoms with Gasteiger partial charge in [-0.25, -0.2) is 0 Å². The van der Waals surface area contributed by atoms with Crippen molar-refractivity contribution in [1.29, 1.82) is 5.26 Å². The van der Waals surface area contributed by atoms with Gasteiger partial charge in [0.15, 0.2) is 0 Å². The zero-order chi connectivity index (χ0) is 12.9. The molecule has 1 amide bonds. The Kier molecular flexibility index (Phi) is 4.53. The Hall–Kier alpha value is -1.08. The van der Waals surface area contributed by atoms with Crippen LogP contribution in [0.3, 0.4) is 0 Å². The van der Waals surface area contributed by atoms with Gasteiger partial charge in [0, 0.05) is 18.5 Å². The van der Waals surface area contributed by atoms with Gasteiger partial charge < -0.3 is 11.1 Å². The van der Waals surface area contributed by atoms with E-state index in [0.717, 1.165) is 25.7 Å². The van der Waals surface area contributed by atoms with Crippen molar-refractivity contribution < 1.29 is 4.79 Å². The Morgan fingerprint density at radius 3 is 2.53 bits per heavy atom. The van der Waals surface area contributed by atoms with Gasteiger partial charge in [-0.3, -0.25) is 4.79 Å². The number of nitrogens with one attached hydrogen (secondary N) is 1. The van der Waals surface area contributed by atoms with Crippen molar-refractivity contribution in [3.8, 4) is 6.07 Å². The molecule has 0 aromatic heterocycles. The Morgan fingerprint density at radius 1 is 1.41 bits per heavy atom. The maximum absolute atomic E-state index is 11.8. The van der Waals surface area contributed by atoms with E-state index in [-0.39, 0.29) is 11.4 Å². The second-order valence-corrected chi connectivity index (χ2v) is 5.87. The molecule has 1 fully saturated rings. The quantitative estimate of drug-likeness (QED) is 0.781. The SMILES string of the molecule is CC(C)(C#N)CNC(=O)CC1(N)CCCCC1. The summed E-state index contributed by atoms with van der Waals surface area (Å²) in [4.78, 5) is 11.8. The third-order valence-electron chi connectivity index (χ3n) is 3.39. The molecule has 96 valence electrons. The molecule has 3 N–H and O–H groups in total. The summed E-state index contributed by atoms with van der Waals surface area (Å²) in [7, 11) is 0. The van der Waals surface area contributed by atoms with E-state index in [9.17, 15) is 4.79 Å². The molecular formula is C13H23N3O. The average molecular weight is 237 g/mol. The third-order valence-corrected chi connectivity index (χ3v) is 3.39. The van der Waals surface area contributed by atoms with Crippen LogP contribution >= 0.6 is 0 Å². The number of nitriles is 1. The van der Waals surface area contributed by atoms with E-state index in [4.69, 9.17) is 11.0 Å². The number of nitrogens with two attached hydrogens (primary N) is 1. The van der Waals surface area contributed by atoms with E-state index in [1.807, 2.05) is 13.8 Å². The van der Waals surface area contributed by atoms with Crippen LogP contribution in [-0.4, -0.2) is 18.0 Å². The highest BCUT2D eigenvalue weighted by atomic mass is 16.1. The number of hydrogen-bond acceptors (Lipinski definition) is 3. The van der Waals surface area contributed by atoms with E-state index in [0.29, 0.717) is 13.0 Å². The van der Waals surface area contributed by atoms with Gasteiger partial charge in [-0.15, -0.1) is 0 Å². The number of amides is 1. The minimum absolute atomic E-state index is 0.0299. The van der Waals surface area contributed by atoms with Gasteiger partial charge >= 0.3 is 0 Å². The number of nitrogens with zero attached hydrogens (tertiary/aromatic N) is 1. The van der Waals surface area contributed by atoms with Crippen LogP contribution in [-0.2, 0) is 4.79 Å². The van der Waals surface area contributed by atoms with Gasteiger partial charge in [-0.1, -0.05) is 19.3 Å². The summed E-state index contributed by atoms with van der Waals surface area (Å²) in [6.07, 6.45) is 5.71. The fraction of sp³-hybridized carbons (Fsp3) is 0.846. The van der Waals surface area contributed by atoms with Crippen LogP contribution in [0.25, 0.3) is 0 Å². The fourth-order valence-electron chi connectivity index (χ4n) is 2.17. The molecule has 0 aromatic rings. The molecule has 4 nitrogen and oxygen atoms in total. The topological polar surface area (TPSA) is 78.9 Å². The first kappa shape index (κ1) is 14.0. The van der Waals surface area contributed by atoms with Crippen molar-refractivity contribution in [3.63, 3.8) is 0 Å². The highest BCUT2D eigenvalue weighted by Gasteiger charge is 2.30. The van der Waals surface area contributed by atoms with Gasteiger partial charge in [-0.2, -0.15) is 5.26 Å². The molecule has 1 rings (SSSR count). The maximum Gasteiger partial charge on any atom is 0.221 e. The van der Waals surface area contributed by atoms with E-state index < -0.39 is 5.41 Å². The maximum atomic E-state index is 11.8. The van der Waals surface area contributed by atoms with Crippen LogP contribution in [0.5, 0.6) is 0 Å². The summed E-state index contributed by atoms with van der Waals surface area (Å²) in [6.45, 7) is 4.01. The molecule has 4 heteroatoms. The summed E-state index contributed by atoms with van der Waals surface area (Å²) >= 11 is 0. The van der Waals surface area contributed by atoms with E-state index in [2.05, 4.69) is 11.4 Å². The fourth-order valence-corrected chi connectivity index (χ4v) is 2.17. The molecule has 0 heterocycles. The molecule has 0 bridgehead atoms. The molecule has 0 radical (unpaired) electrons. The summed E-state index contributed by atoms with van der Waals surface area (Å²) in [5.74, 6) is -0.0299. The van der Waals surface area contributed by atoms with E-state index >= 15 is 0 Å². The van der Waals surface area contributed by atoms with Crippen molar-refractivity contribution in [2.24, 2.45) is 11.1 Å². The minimum atomic E-state index is -0.510. The molecule has 0 unspecified atom stereocenters. The zero-order valence-corrected chi connectivity index (χ0v) is 10.9. The van der Waals surface area contributed by atoms with Gasteiger partial charge in [0.2, 0.25) is 5.91 Å². The summed E-state index contributed by atoms with van der Waals surface area (Å²) in [5.41, 5.74) is 5.38. The standard InChI is InChI=1S/C13H23N3O/c1-12(2,9-14)10-16-11(17)8-13(15)6-4-3-5-7-13/h3-8,10,15H2,1-2H3,(H,16,17). The van der Waals surface area contributed by atoms with Crippen molar-refractivity contribution in [2.45, 2.75) is 57.9 Å². The Balaban J connectivity index is 2.37. The first-order chi connectivity index (χ1) is 7.87. The van der Waals surface area contributed by atoms with Crippen LogP contribution in [0.2, 0.25) is 0 Å². The van der Waals surface area contributed by atoms with E-state index in [1.54, 1.807) is 0 Å². The van der Waals surface area contributed by atoms with Crippen LogP contribution in [0.15, 0.2) is 0 Å². The lowest BCUT2D eigenvalue weighted by molar-refractivity contribution is -0.122. The number of carbonyl (C=O) groups excluding carboxylic acids is 1. The molecule has 17 heavy (non-hydrogen) atoms. The molecular weight excluding hydrogens is 214 g/mol. The summed E-state index contributed by atoms with van der Waals surface area (Å²) < 4.78 is 0. The Morgan fingerprint density at radius 2 is 2.00 bits per heavy atom. The molecule has 0 spiro atoms. The average Bonchev–Trinajstić information content (AvgIpc) is 2.27. The Labute approximate surface area is 104 Å². The first-order valence-corrected chi connectivity index (χ1v) is 6.34. The molecule has 0 atom stereocenters. The second-order valence-electron chi connectivity index (χ2n) is 5.87. The normalized spacial score (nSPS) is 19.4. The zero-order valence-electron chi connectivity index (χ0n) is 10.9. The largest absolute Gasteiger partial charge is 0.354 e. The molecule has 1 aliphatic rings. The van der Waals surface area contributed by atoms with Crippen LogP contribution in [0.1, 0.15) is 52.4 Å². The molecule has 0 saturated heterocycles. The van der Waals surface area contributed by atoms with Gasteiger partial charge in [-0.05, 0) is 26.7 Å². The lowest BCUT2D eigenvalue weighted by Gasteiger charge is -2.33. The van der Waals surface area contributed by atoms with Crippen molar-refractivity contribution in [1.82, 2.24) is 5.32 Å². The molecule has 0 aliphatic heterocycles. The monoisotopic (exact) mass is 237 g/mol. The highest BCUT2D eigenvalue weighted by molar-refractivity contribution is 5.77. The van der Waals surface area contributed by atoms with Gasteiger partial charge in [0.05, 0.1) is 11.5 Å². The lowest BCUT2D eigenvalue weighted by atomic mass is 9.80. The molecule has 1 saturated carbocycles. The first-order valence-electron chi connectivity index (χ1n) is 6.34. The minimum Gasteiger partial charge on any atom is -0.354 e.